The van der Waals surface area contributed by atoms with Gasteiger partial charge in [0.05, 0.1) is 0 Å². The predicted octanol–water partition coefficient (Wildman–Crippen LogP) is 3.98. The number of nitrogens with one attached hydrogen (secondary N) is 2. The van der Waals surface area contributed by atoms with Crippen molar-refractivity contribution in [1.29, 1.82) is 5.41 Å². The normalized spacial score (nSPS) is 12.1. The SMILES string of the molecule is C/C(=C\CSC(=N)N)c1cc(Br)cc(NC(=O)C(F)(F)F)c1. The number of benzene rings is 1. The Morgan fingerprint density at radius 3 is 2.64 bits per heavy atom. The molecule has 9 heteroatoms. The standard InChI is InChI=1S/C13H13BrF3N3OS/c1-7(2-3-22-12(18)19)8-4-9(14)6-10(5-8)20-11(21)13(15,16)17/h2,4-6H,3H2,1H3,(H3,18,19)(H,20,21)/b7-2+. The maximum atomic E-state index is 12.3. The molecule has 1 rings (SSSR count). The maximum absolute atomic E-state index is 12.3. The van der Waals surface area contributed by atoms with Crippen molar-refractivity contribution < 1.29 is 18.0 Å². The van der Waals surface area contributed by atoms with Gasteiger partial charge in [0.15, 0.2) is 5.17 Å². The molecule has 0 fully saturated rings. The van der Waals surface area contributed by atoms with Crippen molar-refractivity contribution in [1.82, 2.24) is 0 Å². The zero-order valence-electron chi connectivity index (χ0n) is 11.4. The number of rotatable bonds is 4. The van der Waals surface area contributed by atoms with Gasteiger partial charge in [-0.1, -0.05) is 33.8 Å². The Morgan fingerprint density at radius 1 is 1.45 bits per heavy atom. The van der Waals surface area contributed by atoms with Crippen LogP contribution in [0.4, 0.5) is 18.9 Å². The number of carbonyl (C=O) groups excluding carboxylic acids is 1. The molecule has 1 aromatic carbocycles. The molecule has 120 valence electrons. The van der Waals surface area contributed by atoms with E-state index in [4.69, 9.17) is 11.1 Å². The van der Waals surface area contributed by atoms with Gasteiger partial charge in [0.1, 0.15) is 0 Å². The Hall–Kier alpha value is -1.48. The molecule has 0 aliphatic carbocycles. The minimum atomic E-state index is -4.94. The molecule has 0 aromatic heterocycles. The van der Waals surface area contributed by atoms with Gasteiger partial charge in [-0.15, -0.1) is 0 Å². The van der Waals surface area contributed by atoms with E-state index in [1.165, 1.54) is 12.1 Å². The third-order valence-electron chi connectivity index (χ3n) is 2.50. The van der Waals surface area contributed by atoms with E-state index < -0.39 is 12.1 Å². The quantitative estimate of drug-likeness (QED) is 0.532. The summed E-state index contributed by atoms with van der Waals surface area (Å²) in [5.74, 6) is -1.55. The van der Waals surface area contributed by atoms with E-state index in [1.807, 2.05) is 5.32 Å². The van der Waals surface area contributed by atoms with Crippen LogP contribution in [0.5, 0.6) is 0 Å². The molecule has 22 heavy (non-hydrogen) atoms. The number of nitrogens with two attached hydrogens (primary N) is 1. The molecule has 0 spiro atoms. The molecule has 0 aliphatic heterocycles. The number of amidine groups is 1. The lowest BCUT2D eigenvalue weighted by Gasteiger charge is -2.11. The smallest absolute Gasteiger partial charge is 0.379 e. The Bertz CT molecular complexity index is 617. The minimum Gasteiger partial charge on any atom is -0.379 e. The van der Waals surface area contributed by atoms with Crippen LogP contribution in [0.15, 0.2) is 28.7 Å². The molecule has 0 unspecified atom stereocenters. The highest BCUT2D eigenvalue weighted by Crippen LogP contribution is 2.26. The van der Waals surface area contributed by atoms with Gasteiger partial charge < -0.3 is 11.1 Å². The molecule has 0 radical (unpaired) electrons. The van der Waals surface area contributed by atoms with Crippen LogP contribution in [0.1, 0.15) is 12.5 Å². The van der Waals surface area contributed by atoms with Crippen LogP contribution in [0, 0.1) is 5.41 Å². The Morgan fingerprint density at radius 2 is 2.09 bits per heavy atom. The molecule has 0 heterocycles. The summed E-state index contributed by atoms with van der Waals surface area (Å²) in [6.45, 7) is 1.78. The number of allylic oxidation sites excluding steroid dienone is 1. The number of halogens is 4. The van der Waals surface area contributed by atoms with E-state index in [-0.39, 0.29) is 10.9 Å². The summed E-state index contributed by atoms with van der Waals surface area (Å²) in [6, 6.07) is 4.54. The molecule has 4 N–H and O–H groups in total. The number of amides is 1. The summed E-state index contributed by atoms with van der Waals surface area (Å²) in [4.78, 5) is 11.0. The van der Waals surface area contributed by atoms with Gasteiger partial charge in [-0.3, -0.25) is 10.2 Å². The van der Waals surface area contributed by atoms with Gasteiger partial charge in [-0.05, 0) is 36.3 Å². The second kappa shape index (κ2) is 7.68. The van der Waals surface area contributed by atoms with E-state index in [0.717, 1.165) is 17.3 Å². The minimum absolute atomic E-state index is 0.0172. The zero-order chi connectivity index (χ0) is 16.9. The number of hydrogen-bond donors (Lipinski definition) is 3. The first kappa shape index (κ1) is 18.6. The average molecular weight is 396 g/mol. The Balaban J connectivity index is 2.94. The topological polar surface area (TPSA) is 79.0 Å². The fraction of sp³-hybridized carbons (Fsp3) is 0.231. The molecular weight excluding hydrogens is 383 g/mol. The van der Waals surface area contributed by atoms with Crippen molar-refractivity contribution in [3.63, 3.8) is 0 Å². The van der Waals surface area contributed by atoms with Crippen LogP contribution >= 0.6 is 27.7 Å². The molecule has 0 atom stereocenters. The largest absolute Gasteiger partial charge is 0.471 e. The first-order valence-electron chi connectivity index (χ1n) is 5.92. The molecule has 0 saturated heterocycles. The van der Waals surface area contributed by atoms with Crippen molar-refractivity contribution in [2.75, 3.05) is 11.1 Å². The lowest BCUT2D eigenvalue weighted by Crippen LogP contribution is -2.29. The Kier molecular flexibility index (Phi) is 6.48. The first-order chi connectivity index (χ1) is 10.1. The van der Waals surface area contributed by atoms with Crippen LogP contribution in [-0.4, -0.2) is 23.0 Å². The molecule has 0 aliphatic rings. The van der Waals surface area contributed by atoms with Crippen LogP contribution in [0.3, 0.4) is 0 Å². The average Bonchev–Trinajstić information content (AvgIpc) is 2.36. The number of carbonyl (C=O) groups is 1. The summed E-state index contributed by atoms with van der Waals surface area (Å²) in [5, 5.41) is 8.89. The summed E-state index contributed by atoms with van der Waals surface area (Å²) >= 11 is 4.33. The van der Waals surface area contributed by atoms with E-state index in [1.54, 1.807) is 19.1 Å². The first-order valence-corrected chi connectivity index (χ1v) is 7.70. The molecule has 4 nitrogen and oxygen atoms in total. The van der Waals surface area contributed by atoms with E-state index in [0.29, 0.717) is 15.8 Å². The Labute approximate surface area is 138 Å². The highest BCUT2D eigenvalue weighted by molar-refractivity contribution is 9.10. The predicted molar refractivity (Wildman–Crippen MR) is 86.8 cm³/mol. The van der Waals surface area contributed by atoms with Gasteiger partial charge in [-0.25, -0.2) is 0 Å². The van der Waals surface area contributed by atoms with Crippen molar-refractivity contribution in [3.05, 3.63) is 34.3 Å². The molecule has 0 bridgehead atoms. The van der Waals surface area contributed by atoms with Crippen LogP contribution < -0.4 is 11.1 Å². The maximum Gasteiger partial charge on any atom is 0.471 e. The number of anilines is 1. The van der Waals surface area contributed by atoms with Gasteiger partial charge in [-0.2, -0.15) is 13.2 Å². The van der Waals surface area contributed by atoms with Crippen molar-refractivity contribution in [3.8, 4) is 0 Å². The summed E-state index contributed by atoms with van der Waals surface area (Å²) in [5.41, 5.74) is 6.70. The van der Waals surface area contributed by atoms with Gasteiger partial charge >= 0.3 is 12.1 Å². The van der Waals surface area contributed by atoms with Gasteiger partial charge in [0.2, 0.25) is 0 Å². The fourth-order valence-corrected chi connectivity index (χ4v) is 2.47. The molecule has 1 amide bonds. The number of hydrogen-bond acceptors (Lipinski definition) is 3. The van der Waals surface area contributed by atoms with E-state index in [2.05, 4.69) is 15.9 Å². The zero-order valence-corrected chi connectivity index (χ0v) is 13.8. The second-order valence-electron chi connectivity index (χ2n) is 4.24. The highest BCUT2D eigenvalue weighted by Gasteiger charge is 2.38. The van der Waals surface area contributed by atoms with Crippen molar-refractivity contribution >= 4 is 50.0 Å². The fourth-order valence-electron chi connectivity index (χ4n) is 1.47. The summed E-state index contributed by atoms with van der Waals surface area (Å²) < 4.78 is 37.3. The number of thioether (sulfide) groups is 1. The number of alkyl halides is 3. The molecule has 0 saturated carbocycles. The second-order valence-corrected chi connectivity index (χ2v) is 6.22. The van der Waals surface area contributed by atoms with Gasteiger partial charge in [0, 0.05) is 15.9 Å². The van der Waals surface area contributed by atoms with Crippen LogP contribution in [0.2, 0.25) is 0 Å². The van der Waals surface area contributed by atoms with Crippen LogP contribution in [-0.2, 0) is 4.79 Å². The van der Waals surface area contributed by atoms with E-state index >= 15 is 0 Å². The summed E-state index contributed by atoms with van der Waals surface area (Å²) in [6.07, 6.45) is -3.14. The van der Waals surface area contributed by atoms with Crippen molar-refractivity contribution in [2.24, 2.45) is 5.73 Å². The third kappa shape index (κ3) is 6.10. The van der Waals surface area contributed by atoms with Crippen LogP contribution in [0.25, 0.3) is 5.57 Å². The highest BCUT2D eigenvalue weighted by atomic mass is 79.9. The monoisotopic (exact) mass is 395 g/mol. The van der Waals surface area contributed by atoms with Crippen molar-refractivity contribution in [2.45, 2.75) is 13.1 Å². The lowest BCUT2D eigenvalue weighted by molar-refractivity contribution is -0.167. The lowest BCUT2D eigenvalue weighted by atomic mass is 10.1. The molecule has 1 aromatic rings. The third-order valence-corrected chi connectivity index (χ3v) is 3.60. The van der Waals surface area contributed by atoms with E-state index in [9.17, 15) is 18.0 Å². The van der Waals surface area contributed by atoms with Gasteiger partial charge in [0.25, 0.3) is 0 Å². The molecular formula is C13H13BrF3N3OS. The summed E-state index contributed by atoms with van der Waals surface area (Å²) in [7, 11) is 0.